The fourth-order valence-electron chi connectivity index (χ4n) is 1.13. The molecule has 0 bridgehead atoms. The second kappa shape index (κ2) is 4.76. The Bertz CT molecular complexity index is 309. The average molecular weight is 197 g/mol. The third kappa shape index (κ3) is 2.32. The van der Waals surface area contributed by atoms with Crippen LogP contribution in [0.2, 0.25) is 0 Å². The normalized spacial score (nSPS) is 12.5. The molecule has 0 spiro atoms. The molecule has 1 aromatic rings. The monoisotopic (exact) mass is 197 g/mol. The Morgan fingerprint density at radius 1 is 1.79 bits per heavy atom. The number of ether oxygens (including phenoxy) is 1. The summed E-state index contributed by atoms with van der Waals surface area (Å²) in [5, 5.41) is 3.09. The zero-order valence-corrected chi connectivity index (χ0v) is 8.65. The first-order valence-electron chi connectivity index (χ1n) is 4.44. The van der Waals surface area contributed by atoms with Crippen molar-refractivity contribution in [2.24, 2.45) is 0 Å². The van der Waals surface area contributed by atoms with Gasteiger partial charge in [-0.25, -0.2) is 9.78 Å². The van der Waals surface area contributed by atoms with E-state index < -0.39 is 0 Å². The van der Waals surface area contributed by atoms with Crippen LogP contribution in [0.3, 0.4) is 0 Å². The van der Waals surface area contributed by atoms with Gasteiger partial charge in [-0.1, -0.05) is 0 Å². The van der Waals surface area contributed by atoms with Gasteiger partial charge < -0.3 is 14.6 Å². The second-order valence-electron chi connectivity index (χ2n) is 3.11. The number of imidazole rings is 1. The summed E-state index contributed by atoms with van der Waals surface area (Å²) in [7, 11) is 3.24. The van der Waals surface area contributed by atoms with E-state index in [-0.39, 0.29) is 12.0 Å². The van der Waals surface area contributed by atoms with Gasteiger partial charge >= 0.3 is 5.97 Å². The molecule has 1 heterocycles. The van der Waals surface area contributed by atoms with Crippen molar-refractivity contribution in [3.63, 3.8) is 0 Å². The van der Waals surface area contributed by atoms with Crippen molar-refractivity contribution in [2.45, 2.75) is 19.5 Å². The van der Waals surface area contributed by atoms with Gasteiger partial charge in [-0.3, -0.25) is 0 Å². The van der Waals surface area contributed by atoms with Crippen molar-refractivity contribution in [3.8, 4) is 0 Å². The molecule has 0 aliphatic rings. The van der Waals surface area contributed by atoms with Crippen molar-refractivity contribution < 1.29 is 9.53 Å². The van der Waals surface area contributed by atoms with Crippen molar-refractivity contribution in [1.82, 2.24) is 14.9 Å². The minimum atomic E-state index is -0.356. The Morgan fingerprint density at radius 2 is 2.50 bits per heavy atom. The van der Waals surface area contributed by atoms with Crippen molar-refractivity contribution in [1.29, 1.82) is 0 Å². The lowest BCUT2D eigenvalue weighted by molar-refractivity contribution is 0.0588. The molecule has 78 valence electrons. The maximum absolute atomic E-state index is 11.3. The van der Waals surface area contributed by atoms with Crippen LogP contribution in [0, 0.1) is 0 Å². The zero-order chi connectivity index (χ0) is 10.6. The molecule has 14 heavy (non-hydrogen) atoms. The van der Waals surface area contributed by atoms with Crippen LogP contribution in [0.1, 0.15) is 17.4 Å². The largest absolute Gasteiger partial charge is 0.464 e. The minimum absolute atomic E-state index is 0.285. The fourth-order valence-corrected chi connectivity index (χ4v) is 1.13. The number of rotatable bonds is 4. The summed E-state index contributed by atoms with van der Waals surface area (Å²) in [6.07, 6.45) is 3.13. The van der Waals surface area contributed by atoms with Crippen molar-refractivity contribution in [3.05, 3.63) is 18.2 Å². The molecule has 0 aliphatic heterocycles. The number of carbonyl (C=O) groups excluding carboxylic acids is 1. The van der Waals surface area contributed by atoms with Crippen molar-refractivity contribution in [2.75, 3.05) is 14.2 Å². The highest BCUT2D eigenvalue weighted by molar-refractivity contribution is 5.87. The first kappa shape index (κ1) is 10.7. The topological polar surface area (TPSA) is 56.2 Å². The van der Waals surface area contributed by atoms with Gasteiger partial charge in [-0.2, -0.15) is 0 Å². The lowest BCUT2D eigenvalue weighted by atomic mass is 10.3. The molecule has 0 fully saturated rings. The fraction of sp³-hybridized carbons (Fsp3) is 0.556. The molecule has 0 amide bonds. The molecule has 5 heteroatoms. The second-order valence-corrected chi connectivity index (χ2v) is 3.11. The Labute approximate surface area is 83.1 Å². The van der Waals surface area contributed by atoms with Gasteiger partial charge in [0.25, 0.3) is 0 Å². The predicted molar refractivity (Wildman–Crippen MR) is 52.1 cm³/mol. The quantitative estimate of drug-likeness (QED) is 0.704. The van der Waals surface area contributed by atoms with Crippen LogP contribution < -0.4 is 5.32 Å². The summed E-state index contributed by atoms with van der Waals surface area (Å²) in [5.74, 6) is -0.356. The van der Waals surface area contributed by atoms with Gasteiger partial charge in [0.2, 0.25) is 0 Å². The molecule has 1 rings (SSSR count). The number of nitrogens with one attached hydrogen (secondary N) is 1. The molecule has 0 aromatic carbocycles. The smallest absolute Gasteiger partial charge is 0.356 e. The van der Waals surface area contributed by atoms with Crippen LogP contribution in [0.15, 0.2) is 12.5 Å². The van der Waals surface area contributed by atoms with E-state index in [0.717, 1.165) is 0 Å². The number of esters is 1. The lowest BCUT2D eigenvalue weighted by Gasteiger charge is -2.12. The van der Waals surface area contributed by atoms with E-state index in [1.807, 2.05) is 14.0 Å². The van der Waals surface area contributed by atoms with Crippen LogP contribution in [0.25, 0.3) is 0 Å². The summed E-state index contributed by atoms with van der Waals surface area (Å²) in [6.45, 7) is 2.72. The van der Waals surface area contributed by atoms with E-state index in [1.165, 1.54) is 13.3 Å². The lowest BCUT2D eigenvalue weighted by Crippen LogP contribution is -2.27. The van der Waals surface area contributed by atoms with E-state index in [4.69, 9.17) is 0 Å². The molecule has 0 saturated heterocycles. The first-order valence-corrected chi connectivity index (χ1v) is 4.44. The summed E-state index contributed by atoms with van der Waals surface area (Å²) in [5.41, 5.74) is 0.481. The van der Waals surface area contributed by atoms with Crippen LogP contribution in [0.4, 0.5) is 0 Å². The van der Waals surface area contributed by atoms with Crippen LogP contribution in [0.5, 0.6) is 0 Å². The molecular weight excluding hydrogens is 182 g/mol. The highest BCUT2D eigenvalue weighted by atomic mass is 16.5. The van der Waals surface area contributed by atoms with Gasteiger partial charge in [0.15, 0.2) is 0 Å². The number of hydrogen-bond donors (Lipinski definition) is 1. The Hall–Kier alpha value is -1.36. The number of carbonyl (C=O) groups is 1. The Kier molecular flexibility index (Phi) is 3.64. The van der Waals surface area contributed by atoms with Gasteiger partial charge in [-0.05, 0) is 14.0 Å². The molecule has 0 aliphatic carbocycles. The zero-order valence-electron chi connectivity index (χ0n) is 8.65. The van der Waals surface area contributed by atoms with E-state index in [0.29, 0.717) is 12.2 Å². The maximum Gasteiger partial charge on any atom is 0.356 e. The van der Waals surface area contributed by atoms with E-state index in [1.54, 1.807) is 10.9 Å². The van der Waals surface area contributed by atoms with E-state index in [2.05, 4.69) is 15.0 Å². The Balaban J connectivity index is 2.77. The number of aromatic nitrogens is 2. The number of likely N-dealkylation sites (N-methyl/N-ethyl adjacent to an activating group) is 1. The highest BCUT2D eigenvalue weighted by Crippen LogP contribution is 2.02. The predicted octanol–water partition coefficient (Wildman–Crippen LogP) is 0.278. The molecule has 0 saturated carbocycles. The standard InChI is InChI=1S/C9H15N3O2/c1-7(10-2)5-12-6-11-4-8(12)9(13)14-3/h4,6-7,10H,5H2,1-3H3. The van der Waals surface area contributed by atoms with Gasteiger partial charge in [0.1, 0.15) is 5.69 Å². The number of hydrogen-bond acceptors (Lipinski definition) is 4. The first-order chi connectivity index (χ1) is 6.69. The molecule has 1 unspecified atom stereocenters. The SMILES string of the molecule is CNC(C)Cn1cncc1C(=O)OC. The minimum Gasteiger partial charge on any atom is -0.464 e. The van der Waals surface area contributed by atoms with Gasteiger partial charge in [-0.15, -0.1) is 0 Å². The number of methoxy groups -OCH3 is 1. The van der Waals surface area contributed by atoms with Crippen LogP contribution in [-0.2, 0) is 11.3 Å². The van der Waals surface area contributed by atoms with Crippen molar-refractivity contribution >= 4 is 5.97 Å². The highest BCUT2D eigenvalue weighted by Gasteiger charge is 2.12. The van der Waals surface area contributed by atoms with E-state index in [9.17, 15) is 4.79 Å². The molecule has 1 atom stereocenters. The van der Waals surface area contributed by atoms with Crippen LogP contribution in [-0.4, -0.2) is 35.7 Å². The summed E-state index contributed by atoms with van der Waals surface area (Å²) in [4.78, 5) is 15.2. The van der Waals surface area contributed by atoms with E-state index >= 15 is 0 Å². The molecule has 1 aromatic heterocycles. The number of nitrogens with zero attached hydrogens (tertiary/aromatic N) is 2. The molecule has 1 N–H and O–H groups in total. The summed E-state index contributed by atoms with van der Waals surface area (Å²) >= 11 is 0. The maximum atomic E-state index is 11.3. The molecular formula is C9H15N3O2. The third-order valence-corrected chi connectivity index (χ3v) is 2.07. The summed E-state index contributed by atoms with van der Waals surface area (Å²) in [6, 6.07) is 0.285. The van der Waals surface area contributed by atoms with Crippen LogP contribution >= 0.6 is 0 Å². The van der Waals surface area contributed by atoms with Gasteiger partial charge in [0, 0.05) is 12.6 Å². The molecule has 5 nitrogen and oxygen atoms in total. The Morgan fingerprint density at radius 3 is 3.07 bits per heavy atom. The third-order valence-electron chi connectivity index (χ3n) is 2.07. The van der Waals surface area contributed by atoms with Gasteiger partial charge in [0.05, 0.1) is 19.6 Å². The molecule has 0 radical (unpaired) electrons. The summed E-state index contributed by atoms with van der Waals surface area (Å²) < 4.78 is 6.40. The average Bonchev–Trinajstić information content (AvgIpc) is 2.64.